The first-order chi connectivity index (χ1) is 11.7. The Morgan fingerprint density at radius 2 is 1.29 bits per heavy atom. The van der Waals surface area contributed by atoms with Crippen LogP contribution in [0, 0.1) is 0 Å². The third kappa shape index (κ3) is 12.6. The van der Waals surface area contributed by atoms with Crippen molar-refractivity contribution in [1.82, 2.24) is 0 Å². The molecule has 0 bridgehead atoms. The highest BCUT2D eigenvalue weighted by atomic mass is 16.3. The van der Waals surface area contributed by atoms with Gasteiger partial charge in [-0.15, -0.1) is 0 Å². The molecule has 0 saturated carbocycles. The Morgan fingerprint density at radius 3 is 1.71 bits per heavy atom. The number of azide groups is 1. The predicted molar refractivity (Wildman–Crippen MR) is 97.7 cm³/mol. The molecule has 0 aliphatic rings. The molecule has 24 heavy (non-hydrogen) atoms. The molecule has 6 nitrogen and oxygen atoms in total. The first-order valence-corrected chi connectivity index (χ1v) is 9.68. The Hall–Kier alpha value is -0.810. The van der Waals surface area contributed by atoms with E-state index in [4.69, 9.17) is 10.6 Å². The van der Waals surface area contributed by atoms with Crippen LogP contribution >= 0.6 is 0 Å². The topological polar surface area (TPSA) is 109 Å². The number of rotatable bonds is 17. The van der Waals surface area contributed by atoms with Crippen LogP contribution in [0.3, 0.4) is 0 Å². The van der Waals surface area contributed by atoms with E-state index in [9.17, 15) is 10.2 Å². The van der Waals surface area contributed by atoms with E-state index in [1.165, 1.54) is 57.8 Å². The van der Waals surface area contributed by atoms with Crippen LogP contribution < -0.4 is 0 Å². The molecule has 0 aromatic heterocycles. The number of nitrogens with zero attached hydrogens (tertiary/aromatic N) is 3. The monoisotopic (exact) mass is 343 g/mol. The second-order valence-corrected chi connectivity index (χ2v) is 6.69. The Balaban J connectivity index is 3.47. The van der Waals surface area contributed by atoms with Crippen LogP contribution in [0.15, 0.2) is 5.11 Å². The summed E-state index contributed by atoms with van der Waals surface area (Å²) in [6.45, 7) is 1.78. The highest BCUT2D eigenvalue weighted by Gasteiger charge is 2.24. The van der Waals surface area contributed by atoms with Crippen LogP contribution in [0.5, 0.6) is 0 Å². The van der Waals surface area contributed by atoms with Crippen molar-refractivity contribution in [2.45, 2.75) is 109 Å². The fourth-order valence-electron chi connectivity index (χ4n) is 2.90. The van der Waals surface area contributed by atoms with E-state index in [1.54, 1.807) is 0 Å². The summed E-state index contributed by atoms with van der Waals surface area (Å²) in [7, 11) is 0. The predicted octanol–water partition coefficient (Wildman–Crippen LogP) is 4.47. The third-order valence-corrected chi connectivity index (χ3v) is 4.53. The Labute approximate surface area is 146 Å². The molecule has 142 valence electrons. The molecule has 0 aliphatic carbocycles. The van der Waals surface area contributed by atoms with Gasteiger partial charge in [-0.05, 0) is 12.0 Å². The lowest BCUT2D eigenvalue weighted by Crippen LogP contribution is -2.38. The summed E-state index contributed by atoms with van der Waals surface area (Å²) >= 11 is 0. The molecule has 6 heteroatoms. The van der Waals surface area contributed by atoms with Crippen molar-refractivity contribution >= 4 is 0 Å². The fourth-order valence-corrected chi connectivity index (χ4v) is 2.90. The van der Waals surface area contributed by atoms with Gasteiger partial charge in [-0.25, -0.2) is 0 Å². The molecule has 0 aromatic carbocycles. The van der Waals surface area contributed by atoms with Gasteiger partial charge in [0.25, 0.3) is 0 Å². The van der Waals surface area contributed by atoms with Gasteiger partial charge in [-0.3, -0.25) is 0 Å². The molecule has 0 unspecified atom stereocenters. The zero-order chi connectivity index (χ0) is 18.0. The quantitative estimate of drug-likeness (QED) is 0.157. The third-order valence-electron chi connectivity index (χ3n) is 4.53. The maximum atomic E-state index is 9.86. The molecule has 0 saturated heterocycles. The van der Waals surface area contributed by atoms with Crippen LogP contribution in [0.1, 0.15) is 90.4 Å². The van der Waals surface area contributed by atoms with E-state index in [2.05, 4.69) is 16.9 Å². The first-order valence-electron chi connectivity index (χ1n) is 9.68. The Bertz CT molecular complexity index is 323. The average molecular weight is 344 g/mol. The summed E-state index contributed by atoms with van der Waals surface area (Å²) in [6.07, 6.45) is 13.3. The normalized spacial score (nSPS) is 14.8. The lowest BCUT2D eigenvalue weighted by atomic mass is 10.00. The maximum Gasteiger partial charge on any atom is 0.0905 e. The fraction of sp³-hybridized carbons (Fsp3) is 1.00. The SMILES string of the molecule is CCCCCCCCCCCCCC[C@@H](O)[C@H](O)[C@H](CO)N=[N+]=[N-]. The summed E-state index contributed by atoms with van der Waals surface area (Å²) in [4.78, 5) is 2.57. The number of unbranched alkanes of at least 4 members (excludes halogenated alkanes) is 11. The van der Waals surface area contributed by atoms with Gasteiger partial charge < -0.3 is 15.3 Å². The average Bonchev–Trinajstić information content (AvgIpc) is 2.59. The van der Waals surface area contributed by atoms with Gasteiger partial charge in [0, 0.05) is 4.91 Å². The minimum absolute atomic E-state index is 0.458. The number of hydrogen-bond donors (Lipinski definition) is 3. The highest BCUT2D eigenvalue weighted by Crippen LogP contribution is 2.15. The summed E-state index contributed by atoms with van der Waals surface area (Å²) in [6, 6.07) is -0.970. The maximum absolute atomic E-state index is 9.86. The summed E-state index contributed by atoms with van der Waals surface area (Å²) < 4.78 is 0. The molecule has 0 aromatic rings. The second-order valence-electron chi connectivity index (χ2n) is 6.69. The summed E-state index contributed by atoms with van der Waals surface area (Å²) in [5.41, 5.74) is 8.34. The van der Waals surface area contributed by atoms with Crippen LogP contribution in [0.4, 0.5) is 0 Å². The molecule has 3 N–H and O–H groups in total. The van der Waals surface area contributed by atoms with Crippen LogP contribution in [-0.2, 0) is 0 Å². The number of aliphatic hydroxyl groups is 3. The van der Waals surface area contributed by atoms with E-state index in [-0.39, 0.29) is 0 Å². The standard InChI is InChI=1S/C18H37N3O3/c1-2-3-4-5-6-7-8-9-10-11-12-13-14-17(23)18(24)16(15-22)20-21-19/h16-18,22-24H,2-15H2,1H3/t16-,17+,18+/m0/s1. The zero-order valence-electron chi connectivity index (χ0n) is 15.3. The molecule has 0 spiro atoms. The minimum atomic E-state index is -1.20. The van der Waals surface area contributed by atoms with Gasteiger partial charge in [0.15, 0.2) is 0 Å². The first kappa shape index (κ1) is 23.2. The van der Waals surface area contributed by atoms with Crippen molar-refractivity contribution in [3.63, 3.8) is 0 Å². The Morgan fingerprint density at radius 1 is 0.833 bits per heavy atom. The van der Waals surface area contributed by atoms with Gasteiger partial charge in [0.2, 0.25) is 0 Å². The van der Waals surface area contributed by atoms with E-state index in [0.717, 1.165) is 19.3 Å². The van der Waals surface area contributed by atoms with Crippen molar-refractivity contribution in [3.8, 4) is 0 Å². The van der Waals surface area contributed by atoms with Gasteiger partial charge in [-0.2, -0.15) is 0 Å². The molecule has 0 amide bonds. The smallest absolute Gasteiger partial charge is 0.0905 e. The molecule has 0 aliphatic heterocycles. The summed E-state index contributed by atoms with van der Waals surface area (Å²) in [5.74, 6) is 0. The van der Waals surface area contributed by atoms with Crippen LogP contribution in [0.25, 0.3) is 10.4 Å². The molecule has 0 radical (unpaired) electrons. The zero-order valence-corrected chi connectivity index (χ0v) is 15.3. The van der Waals surface area contributed by atoms with Crippen molar-refractivity contribution in [2.75, 3.05) is 6.61 Å². The van der Waals surface area contributed by atoms with Crippen LogP contribution in [0.2, 0.25) is 0 Å². The van der Waals surface area contributed by atoms with Crippen LogP contribution in [-0.4, -0.2) is 40.2 Å². The van der Waals surface area contributed by atoms with Crippen molar-refractivity contribution in [1.29, 1.82) is 0 Å². The second kappa shape index (κ2) is 17.0. The largest absolute Gasteiger partial charge is 0.396 e. The number of aliphatic hydroxyl groups excluding tert-OH is 3. The number of hydrogen-bond acceptors (Lipinski definition) is 4. The van der Waals surface area contributed by atoms with Crippen molar-refractivity contribution < 1.29 is 15.3 Å². The minimum Gasteiger partial charge on any atom is -0.396 e. The lowest BCUT2D eigenvalue weighted by Gasteiger charge is -2.21. The lowest BCUT2D eigenvalue weighted by molar-refractivity contribution is -0.0120. The van der Waals surface area contributed by atoms with E-state index in [1.807, 2.05) is 0 Å². The Kier molecular flexibility index (Phi) is 16.5. The molecular weight excluding hydrogens is 306 g/mol. The summed E-state index contributed by atoms with van der Waals surface area (Å²) in [5, 5.41) is 32.0. The molecular formula is C18H37N3O3. The van der Waals surface area contributed by atoms with E-state index >= 15 is 0 Å². The van der Waals surface area contributed by atoms with Crippen molar-refractivity contribution in [2.24, 2.45) is 5.11 Å². The molecule has 3 atom stereocenters. The van der Waals surface area contributed by atoms with Gasteiger partial charge in [0.05, 0.1) is 24.9 Å². The molecule has 0 rings (SSSR count). The van der Waals surface area contributed by atoms with Gasteiger partial charge >= 0.3 is 0 Å². The van der Waals surface area contributed by atoms with Gasteiger partial charge in [0.1, 0.15) is 0 Å². The highest BCUT2D eigenvalue weighted by molar-refractivity contribution is 4.81. The van der Waals surface area contributed by atoms with E-state index in [0.29, 0.717) is 6.42 Å². The molecule has 0 heterocycles. The van der Waals surface area contributed by atoms with E-state index < -0.39 is 24.9 Å². The van der Waals surface area contributed by atoms with Crippen molar-refractivity contribution in [3.05, 3.63) is 10.4 Å². The van der Waals surface area contributed by atoms with Gasteiger partial charge in [-0.1, -0.05) is 89.1 Å². The molecule has 0 fully saturated rings.